The van der Waals surface area contributed by atoms with E-state index in [9.17, 15) is 9.59 Å². The van der Waals surface area contributed by atoms with Crippen LogP contribution in [0.2, 0.25) is 0 Å². The second-order valence-electron chi connectivity index (χ2n) is 7.16. The van der Waals surface area contributed by atoms with Crippen molar-refractivity contribution in [1.29, 1.82) is 0 Å². The number of carbonyl (C=O) groups is 2. The number of hydrogen-bond acceptors (Lipinski definition) is 5. The highest BCUT2D eigenvalue weighted by Crippen LogP contribution is 2.38. The van der Waals surface area contributed by atoms with Crippen molar-refractivity contribution < 1.29 is 19.1 Å². The topological polar surface area (TPSA) is 64.6 Å². The van der Waals surface area contributed by atoms with Crippen LogP contribution in [0.5, 0.6) is 5.75 Å². The number of benzene rings is 1. The number of anilines is 1. The number of aryl methyl sites for hydroxylation is 1. The monoisotopic (exact) mass is 401 g/mol. The molecule has 0 fully saturated rings. The summed E-state index contributed by atoms with van der Waals surface area (Å²) in [5, 5.41) is 3.46. The molecular weight excluding hydrogens is 374 g/mol. The molecule has 0 saturated heterocycles. The first-order chi connectivity index (χ1) is 13.5. The van der Waals surface area contributed by atoms with Gasteiger partial charge >= 0.3 is 5.97 Å². The zero-order valence-corrected chi connectivity index (χ0v) is 17.5. The van der Waals surface area contributed by atoms with Crippen molar-refractivity contribution in [2.45, 2.75) is 52.4 Å². The Labute approximate surface area is 170 Å². The molecule has 5 nitrogen and oxygen atoms in total. The lowest BCUT2D eigenvalue weighted by molar-refractivity contribution is -0.118. The van der Waals surface area contributed by atoms with Crippen LogP contribution < -0.4 is 10.1 Å². The van der Waals surface area contributed by atoms with Crippen LogP contribution in [-0.2, 0) is 22.4 Å². The summed E-state index contributed by atoms with van der Waals surface area (Å²) in [7, 11) is 0. The second-order valence-corrected chi connectivity index (χ2v) is 8.27. The fourth-order valence-electron chi connectivity index (χ4n) is 3.47. The SMILES string of the molecule is CCOC(=O)c1c(NC(=O)COc2ccccc2C(C)C)sc2c1CCCC2. The van der Waals surface area contributed by atoms with E-state index in [0.29, 0.717) is 28.8 Å². The van der Waals surface area contributed by atoms with E-state index in [-0.39, 0.29) is 18.5 Å². The average Bonchev–Trinajstić information content (AvgIpc) is 3.04. The molecule has 1 heterocycles. The molecule has 3 rings (SSSR count). The van der Waals surface area contributed by atoms with E-state index in [1.54, 1.807) is 6.92 Å². The van der Waals surface area contributed by atoms with Crippen molar-refractivity contribution in [2.75, 3.05) is 18.5 Å². The van der Waals surface area contributed by atoms with Crippen LogP contribution in [0.25, 0.3) is 0 Å². The number of fused-ring (bicyclic) bond motifs is 1. The second kappa shape index (κ2) is 9.24. The molecule has 1 aliphatic rings. The molecule has 1 amide bonds. The smallest absolute Gasteiger partial charge is 0.341 e. The quantitative estimate of drug-likeness (QED) is 0.667. The van der Waals surface area contributed by atoms with Gasteiger partial charge in [0, 0.05) is 4.88 Å². The van der Waals surface area contributed by atoms with E-state index < -0.39 is 0 Å². The zero-order valence-electron chi connectivity index (χ0n) is 16.7. The molecule has 28 heavy (non-hydrogen) atoms. The molecule has 1 aliphatic carbocycles. The van der Waals surface area contributed by atoms with Crippen molar-refractivity contribution in [1.82, 2.24) is 0 Å². The number of thiophene rings is 1. The van der Waals surface area contributed by atoms with Gasteiger partial charge in [0.2, 0.25) is 0 Å². The van der Waals surface area contributed by atoms with Gasteiger partial charge in [0.25, 0.3) is 5.91 Å². The molecule has 0 saturated carbocycles. The summed E-state index contributed by atoms with van der Waals surface area (Å²) in [4.78, 5) is 26.2. The Bertz CT molecular complexity index is 856. The van der Waals surface area contributed by atoms with Gasteiger partial charge in [-0.3, -0.25) is 4.79 Å². The molecule has 0 aliphatic heterocycles. The molecule has 2 aromatic rings. The van der Waals surface area contributed by atoms with Crippen LogP contribution >= 0.6 is 11.3 Å². The molecule has 0 atom stereocenters. The fourth-order valence-corrected chi connectivity index (χ4v) is 4.76. The number of ether oxygens (including phenoxy) is 2. The maximum absolute atomic E-state index is 12.5. The molecule has 6 heteroatoms. The number of amides is 1. The highest BCUT2D eigenvalue weighted by atomic mass is 32.1. The van der Waals surface area contributed by atoms with E-state index >= 15 is 0 Å². The van der Waals surface area contributed by atoms with Crippen molar-refractivity contribution in [3.63, 3.8) is 0 Å². The van der Waals surface area contributed by atoms with Gasteiger partial charge < -0.3 is 14.8 Å². The van der Waals surface area contributed by atoms with Gasteiger partial charge in [0.15, 0.2) is 6.61 Å². The Morgan fingerprint density at radius 2 is 1.93 bits per heavy atom. The summed E-state index contributed by atoms with van der Waals surface area (Å²) in [5.41, 5.74) is 2.63. The highest BCUT2D eigenvalue weighted by Gasteiger charge is 2.27. The molecule has 0 spiro atoms. The minimum absolute atomic E-state index is 0.103. The maximum atomic E-state index is 12.5. The van der Waals surface area contributed by atoms with Crippen molar-refractivity contribution in [2.24, 2.45) is 0 Å². The van der Waals surface area contributed by atoms with Gasteiger partial charge in [-0.1, -0.05) is 32.0 Å². The number of esters is 1. The summed E-state index contributed by atoms with van der Waals surface area (Å²) in [6.45, 7) is 6.17. The lowest BCUT2D eigenvalue weighted by Crippen LogP contribution is -2.21. The van der Waals surface area contributed by atoms with Crippen LogP contribution in [-0.4, -0.2) is 25.1 Å². The Hall–Kier alpha value is -2.34. The largest absolute Gasteiger partial charge is 0.483 e. The van der Waals surface area contributed by atoms with Gasteiger partial charge in [0.1, 0.15) is 10.8 Å². The summed E-state index contributed by atoms with van der Waals surface area (Å²) in [5.74, 6) is 0.383. The predicted octanol–water partition coefficient (Wildman–Crippen LogP) is 4.94. The van der Waals surface area contributed by atoms with Crippen LogP contribution in [0.3, 0.4) is 0 Å². The van der Waals surface area contributed by atoms with Crippen molar-refractivity contribution >= 4 is 28.2 Å². The first-order valence-electron chi connectivity index (χ1n) is 9.84. The van der Waals surface area contributed by atoms with Gasteiger partial charge in [0.05, 0.1) is 12.2 Å². The van der Waals surface area contributed by atoms with E-state index in [1.165, 1.54) is 16.2 Å². The third kappa shape index (κ3) is 4.55. The van der Waals surface area contributed by atoms with E-state index in [0.717, 1.165) is 36.8 Å². The minimum Gasteiger partial charge on any atom is -0.483 e. The summed E-state index contributed by atoms with van der Waals surface area (Å²) >= 11 is 1.49. The Morgan fingerprint density at radius 3 is 2.68 bits per heavy atom. The third-order valence-corrected chi connectivity index (χ3v) is 6.01. The first kappa shape index (κ1) is 20.4. The number of rotatable bonds is 7. The normalized spacial score (nSPS) is 13.1. The standard InChI is InChI=1S/C22H27NO4S/c1-4-26-22(25)20-16-10-6-8-12-18(16)28-21(20)23-19(24)13-27-17-11-7-5-9-15(17)14(2)3/h5,7,9,11,14H,4,6,8,10,12-13H2,1-3H3,(H,23,24). The molecular formula is C22H27NO4S. The van der Waals surface area contributed by atoms with E-state index in [2.05, 4.69) is 19.2 Å². The van der Waals surface area contributed by atoms with Crippen LogP contribution in [0.1, 0.15) is 65.9 Å². The fraction of sp³-hybridized carbons (Fsp3) is 0.455. The van der Waals surface area contributed by atoms with Crippen LogP contribution in [0.15, 0.2) is 24.3 Å². The van der Waals surface area contributed by atoms with E-state index in [1.807, 2.05) is 24.3 Å². The Morgan fingerprint density at radius 1 is 1.18 bits per heavy atom. The first-order valence-corrected chi connectivity index (χ1v) is 10.7. The lowest BCUT2D eigenvalue weighted by Gasteiger charge is -2.14. The number of carbonyl (C=O) groups excluding carboxylic acids is 2. The maximum Gasteiger partial charge on any atom is 0.341 e. The van der Waals surface area contributed by atoms with Gasteiger partial charge in [-0.2, -0.15) is 0 Å². The van der Waals surface area contributed by atoms with Gasteiger partial charge in [-0.05, 0) is 55.7 Å². The number of nitrogens with one attached hydrogen (secondary N) is 1. The number of para-hydroxylation sites is 1. The van der Waals surface area contributed by atoms with Crippen molar-refractivity contribution in [3.05, 3.63) is 45.8 Å². The molecule has 1 aromatic carbocycles. The lowest BCUT2D eigenvalue weighted by atomic mass is 9.95. The third-order valence-electron chi connectivity index (χ3n) is 4.80. The summed E-state index contributed by atoms with van der Waals surface area (Å²) < 4.78 is 11.0. The molecule has 0 radical (unpaired) electrons. The highest BCUT2D eigenvalue weighted by molar-refractivity contribution is 7.17. The van der Waals surface area contributed by atoms with Crippen LogP contribution in [0, 0.1) is 0 Å². The van der Waals surface area contributed by atoms with Crippen molar-refractivity contribution in [3.8, 4) is 5.75 Å². The summed E-state index contributed by atoms with van der Waals surface area (Å²) in [6.07, 6.45) is 3.96. The van der Waals surface area contributed by atoms with E-state index in [4.69, 9.17) is 9.47 Å². The predicted molar refractivity (Wildman–Crippen MR) is 112 cm³/mol. The Balaban J connectivity index is 1.74. The Kier molecular flexibility index (Phi) is 6.73. The number of hydrogen-bond donors (Lipinski definition) is 1. The minimum atomic E-state index is -0.358. The molecule has 1 N–H and O–H groups in total. The average molecular weight is 402 g/mol. The molecule has 0 bridgehead atoms. The zero-order chi connectivity index (χ0) is 20.1. The van der Waals surface area contributed by atoms with Gasteiger partial charge in [-0.25, -0.2) is 4.79 Å². The molecule has 1 aromatic heterocycles. The molecule has 150 valence electrons. The van der Waals surface area contributed by atoms with Crippen LogP contribution in [0.4, 0.5) is 5.00 Å². The summed E-state index contributed by atoms with van der Waals surface area (Å²) in [6, 6.07) is 7.73. The van der Waals surface area contributed by atoms with Gasteiger partial charge in [-0.15, -0.1) is 11.3 Å². The molecule has 0 unspecified atom stereocenters.